The Morgan fingerprint density at radius 3 is 2.27 bits per heavy atom. The van der Waals surface area contributed by atoms with Crippen LogP contribution in [0.4, 0.5) is 0 Å². The number of nitrogens with zero attached hydrogens (tertiary/aromatic N) is 4. The molecule has 1 fully saturated rings. The highest BCUT2D eigenvalue weighted by Crippen LogP contribution is 2.34. The second-order valence-corrected chi connectivity index (χ2v) is 12.1. The highest BCUT2D eigenvalue weighted by Gasteiger charge is 2.26. The summed E-state index contributed by atoms with van der Waals surface area (Å²) >= 11 is 0. The minimum atomic E-state index is -3.93. The van der Waals surface area contributed by atoms with Crippen LogP contribution in [-0.4, -0.2) is 51.5 Å². The van der Waals surface area contributed by atoms with Gasteiger partial charge in [0.05, 0.1) is 16.1 Å². The Bertz CT molecular complexity index is 2010. The van der Waals surface area contributed by atoms with Gasteiger partial charge in [0.15, 0.2) is 11.3 Å². The lowest BCUT2D eigenvalue weighted by Crippen LogP contribution is -2.35. The molecule has 9 heteroatoms. The molecule has 1 amide bonds. The van der Waals surface area contributed by atoms with Gasteiger partial charge in [0.25, 0.3) is 15.9 Å². The summed E-state index contributed by atoms with van der Waals surface area (Å²) in [5, 5.41) is 8.80. The molecule has 0 atom stereocenters. The zero-order valence-corrected chi connectivity index (χ0v) is 23.0. The van der Waals surface area contributed by atoms with Crippen molar-refractivity contribution in [3.63, 3.8) is 0 Å². The minimum Gasteiger partial charge on any atom is -0.337 e. The van der Waals surface area contributed by atoms with Gasteiger partial charge in [0, 0.05) is 35.6 Å². The molecule has 204 valence electrons. The summed E-state index contributed by atoms with van der Waals surface area (Å²) in [6.45, 7) is 1.50. The molecule has 0 spiro atoms. The number of benzene rings is 3. The first-order chi connectivity index (χ1) is 20.0. The lowest BCUT2D eigenvalue weighted by Gasteiger charge is -2.25. The zero-order chi connectivity index (χ0) is 28.0. The number of carbonyl (C=O) groups excluding carboxylic acids is 1. The second kappa shape index (κ2) is 10.0. The number of rotatable bonds is 5. The molecule has 41 heavy (non-hydrogen) atoms. The largest absolute Gasteiger partial charge is 0.337 e. The van der Waals surface area contributed by atoms with Gasteiger partial charge < -0.3 is 4.90 Å². The Hall–Kier alpha value is -4.76. The number of H-pyrrole nitrogens is 1. The van der Waals surface area contributed by atoms with Crippen molar-refractivity contribution in [1.82, 2.24) is 24.1 Å². The van der Waals surface area contributed by atoms with Crippen molar-refractivity contribution in [1.29, 1.82) is 0 Å². The second-order valence-electron chi connectivity index (χ2n) is 10.3. The number of hydrogen-bond acceptors (Lipinski definition) is 5. The quantitative estimate of drug-likeness (QED) is 0.274. The highest BCUT2D eigenvalue weighted by molar-refractivity contribution is 7.90. The average molecular weight is 562 g/mol. The van der Waals surface area contributed by atoms with Gasteiger partial charge in [-0.2, -0.15) is 5.10 Å². The van der Waals surface area contributed by atoms with Crippen molar-refractivity contribution in [2.45, 2.75) is 24.2 Å². The van der Waals surface area contributed by atoms with Crippen LogP contribution in [0.3, 0.4) is 0 Å². The third kappa shape index (κ3) is 4.38. The maximum absolute atomic E-state index is 13.9. The average Bonchev–Trinajstić information content (AvgIpc) is 3.63. The molecule has 1 N–H and O–H groups in total. The van der Waals surface area contributed by atoms with Crippen molar-refractivity contribution >= 4 is 37.9 Å². The summed E-state index contributed by atoms with van der Waals surface area (Å²) in [5.41, 5.74) is 4.54. The van der Waals surface area contributed by atoms with Gasteiger partial charge >= 0.3 is 0 Å². The third-order valence-corrected chi connectivity index (χ3v) is 9.41. The van der Waals surface area contributed by atoms with Gasteiger partial charge in [-0.05, 0) is 66.8 Å². The molecule has 3 aromatic heterocycles. The number of piperidine rings is 1. The number of aromatic amines is 1. The molecule has 7 rings (SSSR count). The monoisotopic (exact) mass is 561 g/mol. The van der Waals surface area contributed by atoms with Gasteiger partial charge in [0.1, 0.15) is 0 Å². The van der Waals surface area contributed by atoms with Crippen molar-refractivity contribution in [2.75, 3.05) is 13.1 Å². The number of hydrogen-bond donors (Lipinski definition) is 1. The normalized spacial score (nSPS) is 14.1. The molecule has 8 nitrogen and oxygen atoms in total. The van der Waals surface area contributed by atoms with E-state index < -0.39 is 10.0 Å². The Morgan fingerprint density at radius 2 is 1.51 bits per heavy atom. The van der Waals surface area contributed by atoms with Crippen LogP contribution in [0.2, 0.25) is 0 Å². The summed E-state index contributed by atoms with van der Waals surface area (Å²) in [4.78, 5) is 20.0. The Labute approximate surface area is 237 Å². The van der Waals surface area contributed by atoms with Crippen LogP contribution >= 0.6 is 0 Å². The van der Waals surface area contributed by atoms with Gasteiger partial charge in [-0.1, -0.05) is 54.6 Å². The van der Waals surface area contributed by atoms with E-state index in [9.17, 15) is 13.2 Å². The first kappa shape index (κ1) is 25.2. The SMILES string of the molecule is O=C(c1n[nH]c2ccc(-c3cnc4c(c3)cc(-c3ccccc3)n4S(=O)(=O)c3ccccc3)cc12)N1CCCCC1. The maximum Gasteiger partial charge on any atom is 0.274 e. The van der Waals surface area contributed by atoms with Crippen LogP contribution in [0.25, 0.3) is 44.3 Å². The highest BCUT2D eigenvalue weighted by atomic mass is 32.2. The van der Waals surface area contributed by atoms with Gasteiger partial charge in [-0.15, -0.1) is 0 Å². The molecule has 4 heterocycles. The van der Waals surface area contributed by atoms with Crippen LogP contribution < -0.4 is 0 Å². The number of likely N-dealkylation sites (tertiary alicyclic amines) is 1. The first-order valence-electron chi connectivity index (χ1n) is 13.7. The summed E-state index contributed by atoms with van der Waals surface area (Å²) in [6.07, 6.45) is 4.85. The van der Waals surface area contributed by atoms with Crippen molar-refractivity contribution in [3.8, 4) is 22.4 Å². The molecule has 0 radical (unpaired) electrons. The zero-order valence-electron chi connectivity index (χ0n) is 22.2. The van der Waals surface area contributed by atoms with E-state index in [-0.39, 0.29) is 10.8 Å². The molecule has 3 aromatic carbocycles. The van der Waals surface area contributed by atoms with Crippen molar-refractivity contribution in [2.24, 2.45) is 0 Å². The third-order valence-electron chi connectivity index (χ3n) is 7.69. The topological polar surface area (TPSA) is 101 Å². The van der Waals surface area contributed by atoms with E-state index in [1.165, 1.54) is 3.97 Å². The molecule has 0 aliphatic carbocycles. The van der Waals surface area contributed by atoms with E-state index in [1.807, 2.05) is 65.6 Å². The summed E-state index contributed by atoms with van der Waals surface area (Å²) in [6, 6.07) is 27.5. The van der Waals surface area contributed by atoms with Crippen LogP contribution in [0, 0.1) is 0 Å². The molecule has 1 saturated heterocycles. The fourth-order valence-corrected chi connectivity index (χ4v) is 7.09. The summed E-state index contributed by atoms with van der Waals surface area (Å²) in [7, 11) is -3.93. The van der Waals surface area contributed by atoms with Crippen LogP contribution in [-0.2, 0) is 10.0 Å². The van der Waals surface area contributed by atoms with Crippen molar-refractivity contribution in [3.05, 3.63) is 103 Å². The fraction of sp³-hybridized carbons (Fsp3) is 0.156. The number of aromatic nitrogens is 4. The molecule has 0 unspecified atom stereocenters. The summed E-state index contributed by atoms with van der Waals surface area (Å²) < 4.78 is 29.1. The van der Waals surface area contributed by atoms with E-state index in [4.69, 9.17) is 0 Å². The van der Waals surface area contributed by atoms with Crippen LogP contribution in [0.1, 0.15) is 29.8 Å². The van der Waals surface area contributed by atoms with E-state index >= 15 is 0 Å². The van der Waals surface area contributed by atoms with Gasteiger partial charge in [-0.25, -0.2) is 17.4 Å². The molecule has 1 aliphatic rings. The standard InChI is InChI=1S/C32H27N5O3S/c38-32(36-16-8-3-9-17-36)30-27-19-23(14-15-28(27)34-35-30)25-18-24-20-29(22-10-4-1-5-11-22)37(31(24)33-21-25)41(39,40)26-12-6-2-7-13-26/h1-2,4-7,10-15,18-21H,3,8-9,16-17H2,(H,34,35). The number of carbonyl (C=O) groups is 1. The van der Waals surface area contributed by atoms with Gasteiger partial charge in [0.2, 0.25) is 0 Å². The summed E-state index contributed by atoms with van der Waals surface area (Å²) in [5.74, 6) is -0.0580. The minimum absolute atomic E-state index is 0.0580. The Kier molecular flexibility index (Phi) is 6.16. The van der Waals surface area contributed by atoms with E-state index in [0.29, 0.717) is 22.4 Å². The number of fused-ring (bicyclic) bond motifs is 2. The lowest BCUT2D eigenvalue weighted by molar-refractivity contribution is 0.0720. The van der Waals surface area contributed by atoms with E-state index in [0.717, 1.165) is 59.9 Å². The molecule has 0 saturated carbocycles. The van der Waals surface area contributed by atoms with Crippen LogP contribution in [0.5, 0.6) is 0 Å². The van der Waals surface area contributed by atoms with Gasteiger partial charge in [-0.3, -0.25) is 9.89 Å². The lowest BCUT2D eigenvalue weighted by atomic mass is 10.0. The number of nitrogens with one attached hydrogen (secondary N) is 1. The Morgan fingerprint density at radius 1 is 0.780 bits per heavy atom. The first-order valence-corrected chi connectivity index (χ1v) is 15.1. The van der Waals surface area contributed by atoms with E-state index in [2.05, 4.69) is 15.2 Å². The smallest absolute Gasteiger partial charge is 0.274 e. The van der Waals surface area contributed by atoms with Crippen molar-refractivity contribution < 1.29 is 13.2 Å². The van der Waals surface area contributed by atoms with Crippen LogP contribution in [0.15, 0.2) is 102 Å². The molecular formula is C32H27N5O3S. The van der Waals surface area contributed by atoms with E-state index in [1.54, 1.807) is 36.5 Å². The molecular weight excluding hydrogens is 534 g/mol. The predicted molar refractivity (Wildman–Crippen MR) is 159 cm³/mol. The molecule has 0 bridgehead atoms. The molecule has 6 aromatic rings. The molecule has 1 aliphatic heterocycles. The predicted octanol–water partition coefficient (Wildman–Crippen LogP) is 6.11. The maximum atomic E-state index is 13.9. The number of pyridine rings is 1. The number of amides is 1. The fourth-order valence-electron chi connectivity index (χ4n) is 5.58. The Balaban J connectivity index is 1.35.